The van der Waals surface area contributed by atoms with Gasteiger partial charge in [-0.25, -0.2) is 4.68 Å². The van der Waals surface area contributed by atoms with Crippen molar-refractivity contribution in [3.05, 3.63) is 45.7 Å². The van der Waals surface area contributed by atoms with Crippen LogP contribution in [0.25, 0.3) is 0 Å². The van der Waals surface area contributed by atoms with Gasteiger partial charge < -0.3 is 5.32 Å². The van der Waals surface area contributed by atoms with E-state index in [0.29, 0.717) is 10.0 Å². The summed E-state index contributed by atoms with van der Waals surface area (Å²) in [5.74, 6) is 0. The molecule has 108 valence electrons. The maximum Gasteiger partial charge on any atom is 0.0802 e. The molecule has 0 aliphatic heterocycles. The Kier molecular flexibility index (Phi) is 5.40. The van der Waals surface area contributed by atoms with Crippen molar-refractivity contribution in [2.75, 3.05) is 6.54 Å². The number of nitrogens with zero attached hydrogens (tertiary/aromatic N) is 3. The standard InChI is InChI=1S/C14H18Cl2N4/c1-3-7-20-13(9-18-19-20)14(17-4-2)11-8-10(15)5-6-12(11)16/h5-6,8-9,14,17H,3-4,7H2,1-2H3. The molecule has 0 radical (unpaired) electrons. The number of aromatic nitrogens is 3. The third-order valence-electron chi connectivity index (χ3n) is 3.06. The first-order valence-corrected chi connectivity index (χ1v) is 7.49. The van der Waals surface area contributed by atoms with Gasteiger partial charge in [-0.15, -0.1) is 5.10 Å². The van der Waals surface area contributed by atoms with Crippen LogP contribution in [-0.2, 0) is 6.54 Å². The number of halogens is 2. The summed E-state index contributed by atoms with van der Waals surface area (Å²) in [7, 11) is 0. The monoisotopic (exact) mass is 312 g/mol. The molecule has 0 aliphatic rings. The van der Waals surface area contributed by atoms with Crippen LogP contribution >= 0.6 is 23.2 Å². The fourth-order valence-electron chi connectivity index (χ4n) is 2.19. The predicted octanol–water partition coefficient (Wildman–Crippen LogP) is 3.69. The van der Waals surface area contributed by atoms with Gasteiger partial charge in [0.25, 0.3) is 0 Å². The Labute approximate surface area is 129 Å². The number of hydrogen-bond acceptors (Lipinski definition) is 3. The van der Waals surface area contributed by atoms with E-state index in [1.165, 1.54) is 0 Å². The normalized spacial score (nSPS) is 12.6. The lowest BCUT2D eigenvalue weighted by Gasteiger charge is -2.20. The molecular weight excluding hydrogens is 295 g/mol. The van der Waals surface area contributed by atoms with E-state index < -0.39 is 0 Å². The van der Waals surface area contributed by atoms with E-state index in [-0.39, 0.29) is 6.04 Å². The minimum Gasteiger partial charge on any atom is -0.305 e. The molecular formula is C14H18Cl2N4. The number of benzene rings is 1. The highest BCUT2D eigenvalue weighted by Crippen LogP contribution is 2.30. The topological polar surface area (TPSA) is 42.7 Å². The Balaban J connectivity index is 2.44. The van der Waals surface area contributed by atoms with Crippen molar-refractivity contribution in [2.24, 2.45) is 0 Å². The van der Waals surface area contributed by atoms with Gasteiger partial charge in [-0.1, -0.05) is 42.3 Å². The fourth-order valence-corrected chi connectivity index (χ4v) is 2.60. The molecule has 20 heavy (non-hydrogen) atoms. The molecule has 1 unspecified atom stereocenters. The Bertz CT molecular complexity index is 568. The molecule has 2 rings (SSSR count). The lowest BCUT2D eigenvalue weighted by Crippen LogP contribution is -2.25. The molecule has 0 spiro atoms. The first-order valence-electron chi connectivity index (χ1n) is 6.74. The Morgan fingerprint density at radius 3 is 2.80 bits per heavy atom. The van der Waals surface area contributed by atoms with Crippen LogP contribution in [0.15, 0.2) is 24.4 Å². The van der Waals surface area contributed by atoms with Crippen LogP contribution in [0, 0.1) is 0 Å². The van der Waals surface area contributed by atoms with E-state index in [9.17, 15) is 0 Å². The molecule has 0 aliphatic carbocycles. The maximum absolute atomic E-state index is 6.32. The zero-order valence-corrected chi connectivity index (χ0v) is 13.1. The second-order valence-corrected chi connectivity index (χ2v) is 5.38. The average Bonchev–Trinajstić information content (AvgIpc) is 2.88. The summed E-state index contributed by atoms with van der Waals surface area (Å²) in [6, 6.07) is 5.43. The summed E-state index contributed by atoms with van der Waals surface area (Å²) >= 11 is 12.4. The number of aryl methyl sites for hydroxylation is 1. The third kappa shape index (κ3) is 3.32. The minimum absolute atomic E-state index is 0.0623. The summed E-state index contributed by atoms with van der Waals surface area (Å²) in [5, 5.41) is 12.9. The maximum atomic E-state index is 6.32. The van der Waals surface area contributed by atoms with Crippen molar-refractivity contribution >= 4 is 23.2 Å². The minimum atomic E-state index is -0.0623. The summed E-state index contributed by atoms with van der Waals surface area (Å²) < 4.78 is 1.91. The Morgan fingerprint density at radius 2 is 2.10 bits per heavy atom. The van der Waals surface area contributed by atoms with Gasteiger partial charge in [-0.2, -0.15) is 0 Å². The second-order valence-electron chi connectivity index (χ2n) is 4.54. The third-order valence-corrected chi connectivity index (χ3v) is 3.64. The van der Waals surface area contributed by atoms with Gasteiger partial charge in [0.15, 0.2) is 0 Å². The lowest BCUT2D eigenvalue weighted by molar-refractivity contribution is 0.511. The van der Waals surface area contributed by atoms with E-state index in [2.05, 4.69) is 29.5 Å². The smallest absolute Gasteiger partial charge is 0.0802 e. The molecule has 4 nitrogen and oxygen atoms in total. The highest BCUT2D eigenvalue weighted by molar-refractivity contribution is 6.33. The summed E-state index contributed by atoms with van der Waals surface area (Å²) in [6.07, 6.45) is 2.78. The zero-order valence-electron chi connectivity index (χ0n) is 11.6. The van der Waals surface area contributed by atoms with Gasteiger partial charge in [0, 0.05) is 16.6 Å². The largest absolute Gasteiger partial charge is 0.305 e. The van der Waals surface area contributed by atoms with Gasteiger partial charge in [0.2, 0.25) is 0 Å². The zero-order chi connectivity index (χ0) is 14.5. The van der Waals surface area contributed by atoms with Gasteiger partial charge in [0.05, 0.1) is 17.9 Å². The van der Waals surface area contributed by atoms with E-state index in [0.717, 1.165) is 30.8 Å². The number of hydrogen-bond donors (Lipinski definition) is 1. The predicted molar refractivity (Wildman–Crippen MR) is 82.3 cm³/mol. The van der Waals surface area contributed by atoms with E-state index in [4.69, 9.17) is 23.2 Å². The van der Waals surface area contributed by atoms with Gasteiger partial charge in [0.1, 0.15) is 0 Å². The van der Waals surface area contributed by atoms with Gasteiger partial charge >= 0.3 is 0 Å². The fraction of sp³-hybridized carbons (Fsp3) is 0.429. The summed E-state index contributed by atoms with van der Waals surface area (Å²) in [5.41, 5.74) is 1.94. The molecule has 2 aromatic rings. The lowest BCUT2D eigenvalue weighted by atomic mass is 10.0. The van der Waals surface area contributed by atoms with Crippen molar-refractivity contribution < 1.29 is 0 Å². The average molecular weight is 313 g/mol. The van der Waals surface area contributed by atoms with Crippen LogP contribution in [0.5, 0.6) is 0 Å². The molecule has 1 atom stereocenters. The van der Waals surface area contributed by atoms with Crippen LogP contribution in [0.1, 0.15) is 37.6 Å². The molecule has 6 heteroatoms. The highest BCUT2D eigenvalue weighted by atomic mass is 35.5. The van der Waals surface area contributed by atoms with Crippen LogP contribution in [0.4, 0.5) is 0 Å². The van der Waals surface area contributed by atoms with E-state index >= 15 is 0 Å². The van der Waals surface area contributed by atoms with Crippen molar-refractivity contribution in [3.8, 4) is 0 Å². The van der Waals surface area contributed by atoms with Gasteiger partial charge in [-0.05, 0) is 36.7 Å². The van der Waals surface area contributed by atoms with E-state index in [1.54, 1.807) is 12.3 Å². The van der Waals surface area contributed by atoms with E-state index in [1.807, 2.05) is 16.8 Å². The molecule has 0 saturated carbocycles. The van der Waals surface area contributed by atoms with Crippen LogP contribution in [0.2, 0.25) is 10.0 Å². The van der Waals surface area contributed by atoms with Crippen molar-refractivity contribution in [2.45, 2.75) is 32.9 Å². The van der Waals surface area contributed by atoms with Crippen LogP contribution in [-0.4, -0.2) is 21.5 Å². The Hall–Kier alpha value is -1.10. The number of nitrogens with one attached hydrogen (secondary N) is 1. The molecule has 1 N–H and O–H groups in total. The van der Waals surface area contributed by atoms with Crippen LogP contribution in [0.3, 0.4) is 0 Å². The SMILES string of the molecule is CCCn1nncc1C(NCC)c1cc(Cl)ccc1Cl. The molecule has 1 heterocycles. The highest BCUT2D eigenvalue weighted by Gasteiger charge is 2.20. The summed E-state index contributed by atoms with van der Waals surface area (Å²) in [4.78, 5) is 0. The molecule has 1 aromatic carbocycles. The Morgan fingerprint density at radius 1 is 1.30 bits per heavy atom. The molecule has 0 bridgehead atoms. The summed E-state index contributed by atoms with van der Waals surface area (Å²) in [6.45, 7) is 5.81. The molecule has 0 saturated heterocycles. The molecule has 0 fully saturated rings. The van der Waals surface area contributed by atoms with Crippen molar-refractivity contribution in [1.29, 1.82) is 0 Å². The second kappa shape index (κ2) is 7.07. The first kappa shape index (κ1) is 15.3. The van der Waals surface area contributed by atoms with Gasteiger partial charge in [-0.3, -0.25) is 0 Å². The van der Waals surface area contributed by atoms with Crippen molar-refractivity contribution in [3.63, 3.8) is 0 Å². The molecule has 1 aromatic heterocycles. The van der Waals surface area contributed by atoms with Crippen LogP contribution < -0.4 is 5.32 Å². The first-order chi connectivity index (χ1) is 9.67. The number of rotatable bonds is 6. The quantitative estimate of drug-likeness (QED) is 0.884. The van der Waals surface area contributed by atoms with Crippen molar-refractivity contribution in [1.82, 2.24) is 20.3 Å². The molecule has 0 amide bonds.